The quantitative estimate of drug-likeness (QED) is 0.810. The molecule has 2 amide bonds. The Hall–Kier alpha value is -2.05. The summed E-state index contributed by atoms with van der Waals surface area (Å²) in [6.07, 6.45) is 6.88. The highest BCUT2D eigenvalue weighted by molar-refractivity contribution is 5.78. The standard InChI is InChI=1S/C19H29N3O4/c1-3-25-17(23)13-19(9-5-4-6-10-19)20-18(24)22-11-7-8-16(22)15-12-14(2)26-21-15/h12,16H,3-11,13H2,1-2H3,(H,20,24)/t16-/m1/s1. The topological polar surface area (TPSA) is 84.7 Å². The number of hydrogen-bond acceptors (Lipinski definition) is 5. The van der Waals surface area contributed by atoms with Gasteiger partial charge in [0.25, 0.3) is 0 Å². The number of carbonyl (C=O) groups is 2. The molecule has 1 aliphatic carbocycles. The van der Waals surface area contributed by atoms with Gasteiger partial charge in [0, 0.05) is 12.6 Å². The Bertz CT molecular complexity index is 636. The number of aryl methyl sites for hydroxylation is 1. The van der Waals surface area contributed by atoms with Crippen LogP contribution in [0.4, 0.5) is 4.79 Å². The molecule has 2 fully saturated rings. The number of ether oxygens (including phenoxy) is 1. The monoisotopic (exact) mass is 363 g/mol. The summed E-state index contributed by atoms with van der Waals surface area (Å²) in [5.41, 5.74) is 0.312. The molecular formula is C19H29N3O4. The van der Waals surface area contributed by atoms with E-state index in [9.17, 15) is 9.59 Å². The minimum Gasteiger partial charge on any atom is -0.466 e. The van der Waals surface area contributed by atoms with E-state index in [0.29, 0.717) is 13.2 Å². The number of urea groups is 1. The number of carbonyl (C=O) groups excluding carboxylic acids is 2. The molecule has 7 heteroatoms. The Kier molecular flexibility index (Phi) is 5.84. The fourth-order valence-electron chi connectivity index (χ4n) is 4.22. The lowest BCUT2D eigenvalue weighted by molar-refractivity contribution is -0.145. The van der Waals surface area contributed by atoms with E-state index in [1.54, 1.807) is 6.92 Å². The van der Waals surface area contributed by atoms with Crippen molar-refractivity contribution in [3.05, 3.63) is 17.5 Å². The van der Waals surface area contributed by atoms with Crippen molar-refractivity contribution in [3.8, 4) is 0 Å². The van der Waals surface area contributed by atoms with Gasteiger partial charge in [-0.15, -0.1) is 0 Å². The molecule has 2 aliphatic rings. The van der Waals surface area contributed by atoms with Crippen LogP contribution in [0.2, 0.25) is 0 Å². The second-order valence-corrected chi connectivity index (χ2v) is 7.47. The summed E-state index contributed by atoms with van der Waals surface area (Å²) in [5, 5.41) is 7.29. The van der Waals surface area contributed by atoms with Crippen molar-refractivity contribution in [3.63, 3.8) is 0 Å². The first-order valence-electron chi connectivity index (χ1n) is 9.70. The third kappa shape index (κ3) is 4.19. The SMILES string of the molecule is CCOC(=O)CC1(NC(=O)N2CCC[C@@H]2c2cc(C)on2)CCCCC1. The van der Waals surface area contributed by atoms with Gasteiger partial charge >= 0.3 is 12.0 Å². The lowest BCUT2D eigenvalue weighted by Crippen LogP contribution is -2.55. The average Bonchev–Trinajstić information content (AvgIpc) is 3.24. The summed E-state index contributed by atoms with van der Waals surface area (Å²) >= 11 is 0. The van der Waals surface area contributed by atoms with E-state index < -0.39 is 5.54 Å². The molecule has 1 aromatic rings. The van der Waals surface area contributed by atoms with Crippen molar-refractivity contribution in [2.75, 3.05) is 13.2 Å². The van der Waals surface area contributed by atoms with Gasteiger partial charge in [0.15, 0.2) is 0 Å². The van der Waals surface area contributed by atoms with Crippen molar-refractivity contribution >= 4 is 12.0 Å². The van der Waals surface area contributed by atoms with Gasteiger partial charge in [-0.25, -0.2) is 4.79 Å². The molecule has 1 saturated heterocycles. The Morgan fingerprint density at radius 2 is 2.12 bits per heavy atom. The van der Waals surface area contributed by atoms with Gasteiger partial charge in [0.05, 0.1) is 24.6 Å². The van der Waals surface area contributed by atoms with Gasteiger partial charge < -0.3 is 19.5 Å². The van der Waals surface area contributed by atoms with Crippen molar-refractivity contribution < 1.29 is 18.8 Å². The minimum atomic E-state index is -0.492. The predicted molar refractivity (Wildman–Crippen MR) is 95.5 cm³/mol. The zero-order chi connectivity index (χ0) is 18.6. The summed E-state index contributed by atoms with van der Waals surface area (Å²) in [6.45, 7) is 4.71. The molecule has 1 atom stereocenters. The number of likely N-dealkylation sites (tertiary alicyclic amines) is 1. The molecular weight excluding hydrogens is 334 g/mol. The van der Waals surface area contributed by atoms with Gasteiger partial charge in [-0.2, -0.15) is 0 Å². The first-order valence-corrected chi connectivity index (χ1v) is 9.70. The number of amides is 2. The van der Waals surface area contributed by atoms with Crippen LogP contribution >= 0.6 is 0 Å². The van der Waals surface area contributed by atoms with E-state index in [4.69, 9.17) is 9.26 Å². The second kappa shape index (κ2) is 8.10. The largest absolute Gasteiger partial charge is 0.466 e. The van der Waals surface area contributed by atoms with E-state index >= 15 is 0 Å². The molecule has 1 saturated carbocycles. The molecule has 7 nitrogen and oxygen atoms in total. The van der Waals surface area contributed by atoms with Crippen molar-refractivity contribution in [1.82, 2.24) is 15.4 Å². The van der Waals surface area contributed by atoms with Gasteiger partial charge in [-0.1, -0.05) is 24.4 Å². The number of nitrogens with one attached hydrogen (secondary N) is 1. The Balaban J connectivity index is 1.71. The fourth-order valence-corrected chi connectivity index (χ4v) is 4.22. The number of esters is 1. The van der Waals surface area contributed by atoms with E-state index in [-0.39, 0.29) is 24.5 Å². The molecule has 144 valence electrons. The van der Waals surface area contributed by atoms with Crippen molar-refractivity contribution in [2.45, 2.75) is 76.8 Å². The number of rotatable bonds is 5. The zero-order valence-corrected chi connectivity index (χ0v) is 15.8. The summed E-state index contributed by atoms with van der Waals surface area (Å²) < 4.78 is 10.3. The third-order valence-corrected chi connectivity index (χ3v) is 5.47. The van der Waals surface area contributed by atoms with Crippen LogP contribution in [0.15, 0.2) is 10.6 Å². The average molecular weight is 363 g/mol. The molecule has 0 radical (unpaired) electrons. The number of aromatic nitrogens is 1. The smallest absolute Gasteiger partial charge is 0.318 e. The highest BCUT2D eigenvalue weighted by Gasteiger charge is 2.40. The molecule has 2 heterocycles. The van der Waals surface area contributed by atoms with Crippen LogP contribution in [-0.4, -0.2) is 40.7 Å². The van der Waals surface area contributed by atoms with Crippen LogP contribution in [0.5, 0.6) is 0 Å². The molecule has 0 spiro atoms. The van der Waals surface area contributed by atoms with Gasteiger partial charge in [0.2, 0.25) is 0 Å². The molecule has 1 N–H and O–H groups in total. The van der Waals surface area contributed by atoms with Crippen LogP contribution in [0, 0.1) is 6.92 Å². The normalized spacial score (nSPS) is 22.2. The Morgan fingerprint density at radius 3 is 2.77 bits per heavy atom. The Morgan fingerprint density at radius 1 is 1.35 bits per heavy atom. The fraction of sp³-hybridized carbons (Fsp3) is 0.737. The maximum atomic E-state index is 13.1. The van der Waals surface area contributed by atoms with Crippen LogP contribution in [0.25, 0.3) is 0 Å². The molecule has 0 unspecified atom stereocenters. The molecule has 3 rings (SSSR count). The van der Waals surface area contributed by atoms with E-state index in [0.717, 1.165) is 56.4 Å². The Labute approximate surface area is 154 Å². The molecule has 1 aliphatic heterocycles. The highest BCUT2D eigenvalue weighted by atomic mass is 16.5. The second-order valence-electron chi connectivity index (χ2n) is 7.47. The summed E-state index contributed by atoms with van der Waals surface area (Å²) in [7, 11) is 0. The van der Waals surface area contributed by atoms with Gasteiger partial charge in [0.1, 0.15) is 11.5 Å². The van der Waals surface area contributed by atoms with Crippen LogP contribution in [0.3, 0.4) is 0 Å². The van der Waals surface area contributed by atoms with Gasteiger partial charge in [-0.3, -0.25) is 4.79 Å². The maximum absolute atomic E-state index is 13.1. The van der Waals surface area contributed by atoms with E-state index in [1.807, 2.05) is 17.9 Å². The first kappa shape index (κ1) is 18.7. The minimum absolute atomic E-state index is 0.0596. The lowest BCUT2D eigenvalue weighted by atomic mass is 9.79. The van der Waals surface area contributed by atoms with Crippen LogP contribution < -0.4 is 5.32 Å². The number of nitrogens with zero attached hydrogens (tertiary/aromatic N) is 2. The highest BCUT2D eigenvalue weighted by Crippen LogP contribution is 2.35. The molecule has 26 heavy (non-hydrogen) atoms. The predicted octanol–water partition coefficient (Wildman–Crippen LogP) is 3.49. The maximum Gasteiger partial charge on any atom is 0.318 e. The van der Waals surface area contributed by atoms with Crippen molar-refractivity contribution in [1.29, 1.82) is 0 Å². The van der Waals surface area contributed by atoms with Crippen LogP contribution in [-0.2, 0) is 9.53 Å². The third-order valence-electron chi connectivity index (χ3n) is 5.47. The lowest BCUT2D eigenvalue weighted by Gasteiger charge is -2.39. The molecule has 1 aromatic heterocycles. The molecule has 0 aromatic carbocycles. The zero-order valence-electron chi connectivity index (χ0n) is 15.8. The van der Waals surface area contributed by atoms with E-state index in [1.165, 1.54) is 0 Å². The van der Waals surface area contributed by atoms with Crippen molar-refractivity contribution in [2.24, 2.45) is 0 Å². The summed E-state index contributed by atoms with van der Waals surface area (Å²) in [4.78, 5) is 27.0. The van der Waals surface area contributed by atoms with Gasteiger partial charge in [-0.05, 0) is 39.5 Å². The first-order chi connectivity index (χ1) is 12.5. The molecule has 0 bridgehead atoms. The van der Waals surface area contributed by atoms with Crippen LogP contribution in [0.1, 0.15) is 75.8 Å². The summed E-state index contributed by atoms with van der Waals surface area (Å²) in [5.74, 6) is 0.512. The summed E-state index contributed by atoms with van der Waals surface area (Å²) in [6, 6.07) is 1.72. The van der Waals surface area contributed by atoms with E-state index in [2.05, 4.69) is 10.5 Å². The number of hydrogen-bond donors (Lipinski definition) is 1.